The number of amides is 1. The molecule has 2 aromatic rings. The van der Waals surface area contributed by atoms with Crippen LogP contribution in [-0.2, 0) is 11.3 Å². The molecule has 0 radical (unpaired) electrons. The predicted molar refractivity (Wildman–Crippen MR) is 72.9 cm³/mol. The lowest BCUT2D eigenvalue weighted by molar-refractivity contribution is -0.122. The minimum Gasteiger partial charge on any atom is -0.396 e. The number of nitrogens with zero attached hydrogens (tertiary/aromatic N) is 4. The summed E-state index contributed by atoms with van der Waals surface area (Å²) in [4.78, 5) is 13.1. The summed E-state index contributed by atoms with van der Waals surface area (Å²) in [5.74, 6) is 0.354. The number of aromatic nitrogens is 4. The van der Waals surface area contributed by atoms with Crippen molar-refractivity contribution in [2.75, 3.05) is 13.2 Å². The SMILES string of the molecule is O=C(Cn1nnc(-c2ccsc2)n1)NCC1(CO)CC1. The third-order valence-corrected chi connectivity index (χ3v) is 4.15. The molecule has 0 atom stereocenters. The summed E-state index contributed by atoms with van der Waals surface area (Å²) in [6, 6.07) is 1.91. The van der Waals surface area contributed by atoms with Crippen LogP contribution in [0.25, 0.3) is 11.4 Å². The van der Waals surface area contributed by atoms with Crippen LogP contribution in [-0.4, -0.2) is 44.4 Å². The van der Waals surface area contributed by atoms with E-state index in [-0.39, 0.29) is 24.5 Å². The maximum atomic E-state index is 11.8. The number of carbonyl (C=O) groups excluding carboxylic acids is 1. The van der Waals surface area contributed by atoms with Crippen LogP contribution in [0.2, 0.25) is 0 Å². The molecule has 7 nitrogen and oxygen atoms in total. The molecule has 20 heavy (non-hydrogen) atoms. The highest BCUT2D eigenvalue weighted by Gasteiger charge is 2.42. The Hall–Kier alpha value is -1.80. The molecule has 0 spiro atoms. The number of carbonyl (C=O) groups is 1. The first-order chi connectivity index (χ1) is 9.71. The average Bonchev–Trinajstić information content (AvgIpc) is 2.86. The van der Waals surface area contributed by atoms with E-state index in [9.17, 15) is 9.90 Å². The zero-order chi connectivity index (χ0) is 14.0. The lowest BCUT2D eigenvalue weighted by Crippen LogP contribution is -2.34. The molecular formula is C12H15N5O2S. The van der Waals surface area contributed by atoms with Gasteiger partial charge in [-0.25, -0.2) is 0 Å². The van der Waals surface area contributed by atoms with Crippen LogP contribution in [0, 0.1) is 5.41 Å². The number of aliphatic hydroxyl groups excluding tert-OH is 1. The van der Waals surface area contributed by atoms with Gasteiger partial charge in [0.2, 0.25) is 11.7 Å². The second-order valence-electron chi connectivity index (χ2n) is 5.09. The van der Waals surface area contributed by atoms with E-state index in [0.717, 1.165) is 18.4 Å². The fraction of sp³-hybridized carbons (Fsp3) is 0.500. The summed E-state index contributed by atoms with van der Waals surface area (Å²) in [5, 5.41) is 27.8. The Morgan fingerprint density at radius 3 is 3.05 bits per heavy atom. The molecule has 3 rings (SSSR count). The van der Waals surface area contributed by atoms with Crippen molar-refractivity contribution in [1.82, 2.24) is 25.5 Å². The number of hydrogen-bond acceptors (Lipinski definition) is 6. The quantitative estimate of drug-likeness (QED) is 0.798. The summed E-state index contributed by atoms with van der Waals surface area (Å²) in [7, 11) is 0. The van der Waals surface area contributed by atoms with E-state index in [4.69, 9.17) is 0 Å². The van der Waals surface area contributed by atoms with Crippen molar-refractivity contribution in [2.24, 2.45) is 5.41 Å². The van der Waals surface area contributed by atoms with E-state index in [1.807, 2.05) is 16.8 Å². The van der Waals surface area contributed by atoms with Crippen molar-refractivity contribution in [3.05, 3.63) is 16.8 Å². The molecule has 0 bridgehead atoms. The summed E-state index contributed by atoms with van der Waals surface area (Å²) in [5.41, 5.74) is 0.812. The molecule has 1 fully saturated rings. The van der Waals surface area contributed by atoms with Gasteiger partial charge in [0, 0.05) is 22.9 Å². The fourth-order valence-electron chi connectivity index (χ4n) is 1.86. The van der Waals surface area contributed by atoms with Gasteiger partial charge in [-0.05, 0) is 29.5 Å². The highest BCUT2D eigenvalue weighted by Crippen LogP contribution is 2.44. The third-order valence-electron chi connectivity index (χ3n) is 3.47. The van der Waals surface area contributed by atoms with E-state index in [1.165, 1.54) is 4.80 Å². The fourth-order valence-corrected chi connectivity index (χ4v) is 2.49. The van der Waals surface area contributed by atoms with Crippen molar-refractivity contribution >= 4 is 17.2 Å². The largest absolute Gasteiger partial charge is 0.396 e. The maximum Gasteiger partial charge on any atom is 0.243 e. The number of hydrogen-bond donors (Lipinski definition) is 2. The van der Waals surface area contributed by atoms with Crippen molar-refractivity contribution in [1.29, 1.82) is 0 Å². The van der Waals surface area contributed by atoms with Gasteiger partial charge in [-0.15, -0.1) is 10.2 Å². The Bertz CT molecular complexity index is 591. The van der Waals surface area contributed by atoms with Gasteiger partial charge in [0.25, 0.3) is 0 Å². The molecule has 8 heteroatoms. The van der Waals surface area contributed by atoms with Crippen LogP contribution < -0.4 is 5.32 Å². The number of tetrazole rings is 1. The predicted octanol–water partition coefficient (Wildman–Crippen LogP) is 0.290. The number of thiophene rings is 1. The Morgan fingerprint density at radius 2 is 2.40 bits per heavy atom. The van der Waals surface area contributed by atoms with E-state index in [2.05, 4.69) is 20.7 Å². The maximum absolute atomic E-state index is 11.8. The highest BCUT2D eigenvalue weighted by molar-refractivity contribution is 7.08. The summed E-state index contributed by atoms with van der Waals surface area (Å²) >= 11 is 1.56. The first-order valence-corrected chi connectivity index (χ1v) is 7.33. The zero-order valence-corrected chi connectivity index (χ0v) is 11.6. The molecule has 0 saturated heterocycles. The first kappa shape index (κ1) is 13.2. The van der Waals surface area contributed by atoms with Crippen molar-refractivity contribution in [2.45, 2.75) is 19.4 Å². The molecule has 1 saturated carbocycles. The molecule has 1 aliphatic carbocycles. The van der Waals surface area contributed by atoms with E-state index in [0.29, 0.717) is 12.4 Å². The third kappa shape index (κ3) is 2.86. The molecule has 1 amide bonds. The summed E-state index contributed by atoms with van der Waals surface area (Å²) < 4.78 is 0. The van der Waals surface area contributed by atoms with Gasteiger partial charge in [-0.1, -0.05) is 0 Å². The Balaban J connectivity index is 1.54. The van der Waals surface area contributed by atoms with Gasteiger partial charge < -0.3 is 10.4 Å². The molecule has 0 aliphatic heterocycles. The van der Waals surface area contributed by atoms with Crippen molar-refractivity contribution in [3.8, 4) is 11.4 Å². The van der Waals surface area contributed by atoms with Crippen molar-refractivity contribution < 1.29 is 9.90 Å². The number of rotatable bonds is 6. The van der Waals surface area contributed by atoms with Gasteiger partial charge in [0.1, 0.15) is 6.54 Å². The molecule has 1 aliphatic rings. The number of nitrogens with one attached hydrogen (secondary N) is 1. The molecule has 2 heterocycles. The van der Waals surface area contributed by atoms with Gasteiger partial charge in [0.05, 0.1) is 6.61 Å². The zero-order valence-electron chi connectivity index (χ0n) is 10.8. The topological polar surface area (TPSA) is 92.9 Å². The first-order valence-electron chi connectivity index (χ1n) is 6.39. The molecule has 0 aromatic carbocycles. The lowest BCUT2D eigenvalue weighted by atomic mass is 10.1. The molecule has 0 unspecified atom stereocenters. The molecular weight excluding hydrogens is 278 g/mol. The van der Waals surface area contributed by atoms with Crippen LogP contribution in [0.15, 0.2) is 16.8 Å². The van der Waals surface area contributed by atoms with E-state index >= 15 is 0 Å². The Morgan fingerprint density at radius 1 is 1.55 bits per heavy atom. The smallest absolute Gasteiger partial charge is 0.243 e. The Kier molecular flexibility index (Phi) is 3.49. The molecule has 2 N–H and O–H groups in total. The second-order valence-corrected chi connectivity index (χ2v) is 5.87. The normalized spacial score (nSPS) is 16.1. The standard InChI is InChI=1S/C12H15N5O2S/c18-8-12(2-3-12)7-13-10(19)5-17-15-11(14-16-17)9-1-4-20-6-9/h1,4,6,18H,2-3,5,7-8H2,(H,13,19). The molecule has 2 aromatic heterocycles. The molecule has 106 valence electrons. The highest BCUT2D eigenvalue weighted by atomic mass is 32.1. The van der Waals surface area contributed by atoms with Crippen LogP contribution in [0.5, 0.6) is 0 Å². The van der Waals surface area contributed by atoms with Gasteiger partial charge in [0.15, 0.2) is 0 Å². The average molecular weight is 293 g/mol. The van der Waals surface area contributed by atoms with Gasteiger partial charge in [-0.2, -0.15) is 16.1 Å². The monoisotopic (exact) mass is 293 g/mol. The van der Waals surface area contributed by atoms with Crippen LogP contribution >= 0.6 is 11.3 Å². The van der Waals surface area contributed by atoms with Gasteiger partial charge in [-0.3, -0.25) is 4.79 Å². The lowest BCUT2D eigenvalue weighted by Gasteiger charge is -2.12. The summed E-state index contributed by atoms with van der Waals surface area (Å²) in [6.45, 7) is 0.671. The van der Waals surface area contributed by atoms with Crippen LogP contribution in [0.1, 0.15) is 12.8 Å². The van der Waals surface area contributed by atoms with E-state index < -0.39 is 0 Å². The Labute approximate surface area is 119 Å². The van der Waals surface area contributed by atoms with E-state index in [1.54, 1.807) is 11.3 Å². The number of aliphatic hydroxyl groups is 1. The van der Waals surface area contributed by atoms with Crippen LogP contribution in [0.3, 0.4) is 0 Å². The second kappa shape index (κ2) is 5.29. The summed E-state index contributed by atoms with van der Waals surface area (Å²) in [6.07, 6.45) is 1.93. The minimum absolute atomic E-state index is 0.0403. The van der Waals surface area contributed by atoms with Crippen LogP contribution in [0.4, 0.5) is 0 Å². The van der Waals surface area contributed by atoms with Crippen molar-refractivity contribution in [3.63, 3.8) is 0 Å². The van der Waals surface area contributed by atoms with Gasteiger partial charge >= 0.3 is 0 Å². The minimum atomic E-state index is -0.168.